The second-order valence-corrected chi connectivity index (χ2v) is 8.07. The highest BCUT2D eigenvalue weighted by Crippen LogP contribution is 2.27. The number of hydrogen-bond donors (Lipinski definition) is 2. The van der Waals surface area contributed by atoms with Crippen molar-refractivity contribution in [1.29, 1.82) is 0 Å². The molecule has 3 heterocycles. The highest BCUT2D eigenvalue weighted by molar-refractivity contribution is 7.17. The minimum absolute atomic E-state index is 0.0485. The van der Waals surface area contributed by atoms with E-state index < -0.39 is 24.0 Å². The number of hydrogen-bond acceptors (Lipinski definition) is 6. The fourth-order valence-electron chi connectivity index (χ4n) is 2.97. The van der Waals surface area contributed by atoms with E-state index in [-0.39, 0.29) is 26.6 Å². The summed E-state index contributed by atoms with van der Waals surface area (Å²) in [5.74, 6) is -1.57. The van der Waals surface area contributed by atoms with Gasteiger partial charge in [0, 0.05) is 28.4 Å². The maximum atomic E-state index is 13.2. The lowest BCUT2D eigenvalue weighted by Crippen LogP contribution is -2.30. The normalized spacial score (nSPS) is 10.9. The van der Waals surface area contributed by atoms with E-state index in [1.165, 1.54) is 29.9 Å². The first-order valence-corrected chi connectivity index (χ1v) is 10.4. The van der Waals surface area contributed by atoms with Crippen LogP contribution in [0.1, 0.15) is 10.4 Å². The Balaban J connectivity index is 1.81. The second kappa shape index (κ2) is 8.46. The van der Waals surface area contributed by atoms with Crippen LogP contribution in [0, 0.1) is 0 Å². The fourth-order valence-corrected chi connectivity index (χ4v) is 4.33. The number of aromatic carboxylic acids is 1. The van der Waals surface area contributed by atoms with Gasteiger partial charge >= 0.3 is 5.97 Å². The van der Waals surface area contributed by atoms with Crippen molar-refractivity contribution >= 4 is 62.3 Å². The Morgan fingerprint density at radius 2 is 1.90 bits per heavy atom. The van der Waals surface area contributed by atoms with Gasteiger partial charge in [-0.15, -0.1) is 11.3 Å². The van der Waals surface area contributed by atoms with Crippen LogP contribution in [0.5, 0.6) is 0 Å². The number of carboxylic acid groups (broad SMARTS) is 1. The Kier molecular flexibility index (Phi) is 5.73. The Hall–Kier alpha value is -3.27. The van der Waals surface area contributed by atoms with E-state index in [4.69, 9.17) is 23.2 Å². The van der Waals surface area contributed by atoms with Crippen LogP contribution in [0.2, 0.25) is 10.0 Å². The van der Waals surface area contributed by atoms with Crippen molar-refractivity contribution in [2.45, 2.75) is 6.54 Å². The van der Waals surface area contributed by atoms with Crippen LogP contribution in [-0.2, 0) is 11.3 Å². The van der Waals surface area contributed by atoms with Crippen molar-refractivity contribution < 1.29 is 14.7 Å². The van der Waals surface area contributed by atoms with Crippen molar-refractivity contribution in [2.75, 3.05) is 5.32 Å². The van der Waals surface area contributed by atoms with Crippen molar-refractivity contribution in [3.05, 3.63) is 74.1 Å². The highest BCUT2D eigenvalue weighted by Gasteiger charge is 2.21. The number of carboxylic acids is 1. The summed E-state index contributed by atoms with van der Waals surface area (Å²) < 4.78 is 1.13. The zero-order valence-corrected chi connectivity index (χ0v) is 17.8. The standard InChI is InChI=1S/C20H12Cl2N4O4S/c21-11-1-2-14(13(22)7-11)24-15(27)8-26-17(10-3-5-23-6-4-10)25-18-16(19(26)28)12(9-31-18)20(29)30/h1-7,9H,8H2,(H,24,27)(H,29,30). The number of amides is 1. The molecule has 11 heteroatoms. The molecule has 4 aromatic rings. The Labute approximate surface area is 188 Å². The van der Waals surface area contributed by atoms with Gasteiger partial charge in [-0.05, 0) is 30.3 Å². The largest absolute Gasteiger partial charge is 0.478 e. The summed E-state index contributed by atoms with van der Waals surface area (Å²) >= 11 is 13.0. The van der Waals surface area contributed by atoms with E-state index in [1.807, 2.05) is 0 Å². The number of nitrogens with zero attached hydrogens (tertiary/aromatic N) is 3. The number of carbonyl (C=O) groups is 2. The first-order chi connectivity index (χ1) is 14.8. The summed E-state index contributed by atoms with van der Waals surface area (Å²) in [6, 6.07) is 7.87. The summed E-state index contributed by atoms with van der Waals surface area (Å²) in [6.07, 6.45) is 3.06. The van der Waals surface area contributed by atoms with Gasteiger partial charge in [0.1, 0.15) is 17.2 Å². The quantitative estimate of drug-likeness (QED) is 0.448. The molecule has 0 fully saturated rings. The van der Waals surface area contributed by atoms with Crippen LogP contribution in [0.15, 0.2) is 52.9 Å². The number of anilines is 1. The summed E-state index contributed by atoms with van der Waals surface area (Å²) in [5.41, 5.74) is 0.0865. The molecule has 0 saturated carbocycles. The molecule has 2 N–H and O–H groups in total. The van der Waals surface area contributed by atoms with Crippen molar-refractivity contribution in [3.8, 4) is 11.4 Å². The number of carbonyl (C=O) groups excluding carboxylic acids is 1. The number of fused-ring (bicyclic) bond motifs is 1. The number of benzene rings is 1. The van der Waals surface area contributed by atoms with Gasteiger partial charge in [-0.1, -0.05) is 23.2 Å². The highest BCUT2D eigenvalue weighted by atomic mass is 35.5. The van der Waals surface area contributed by atoms with E-state index in [0.717, 1.165) is 15.9 Å². The first kappa shape index (κ1) is 21.0. The lowest BCUT2D eigenvalue weighted by atomic mass is 10.2. The van der Waals surface area contributed by atoms with Crippen LogP contribution >= 0.6 is 34.5 Å². The summed E-state index contributed by atoms with van der Waals surface area (Å²) in [5, 5.41) is 14.0. The number of thiophene rings is 1. The predicted molar refractivity (Wildman–Crippen MR) is 119 cm³/mol. The summed E-state index contributed by atoms with van der Waals surface area (Å²) in [4.78, 5) is 46.2. The Morgan fingerprint density at radius 3 is 2.58 bits per heavy atom. The second-order valence-electron chi connectivity index (χ2n) is 6.37. The van der Waals surface area contributed by atoms with Crippen LogP contribution in [0.3, 0.4) is 0 Å². The monoisotopic (exact) mass is 474 g/mol. The molecule has 0 atom stereocenters. The fraction of sp³-hybridized carbons (Fsp3) is 0.0500. The third kappa shape index (κ3) is 4.15. The molecule has 0 bridgehead atoms. The van der Waals surface area contributed by atoms with Crippen LogP contribution in [0.25, 0.3) is 21.6 Å². The zero-order valence-electron chi connectivity index (χ0n) is 15.5. The van der Waals surface area contributed by atoms with Gasteiger partial charge in [-0.3, -0.25) is 19.1 Å². The molecule has 0 aliphatic carbocycles. The minimum Gasteiger partial charge on any atom is -0.478 e. The number of pyridine rings is 1. The maximum Gasteiger partial charge on any atom is 0.337 e. The molecule has 1 amide bonds. The van der Waals surface area contributed by atoms with Gasteiger partial charge in [-0.2, -0.15) is 0 Å². The molecular formula is C20H12Cl2N4O4S. The average Bonchev–Trinajstić information content (AvgIpc) is 3.17. The van der Waals surface area contributed by atoms with Gasteiger partial charge in [0.25, 0.3) is 5.56 Å². The summed E-state index contributed by atoms with van der Waals surface area (Å²) in [6.45, 7) is -0.409. The van der Waals surface area contributed by atoms with E-state index in [0.29, 0.717) is 16.3 Å². The molecule has 8 nitrogen and oxygen atoms in total. The van der Waals surface area contributed by atoms with Gasteiger partial charge in [0.15, 0.2) is 0 Å². The molecular weight excluding hydrogens is 463 g/mol. The van der Waals surface area contributed by atoms with Crippen molar-refractivity contribution in [1.82, 2.24) is 14.5 Å². The number of aromatic nitrogens is 3. The molecule has 156 valence electrons. The SMILES string of the molecule is O=C(Cn1c(-c2ccncc2)nc2scc(C(=O)O)c2c1=O)Nc1ccc(Cl)cc1Cl. The van der Waals surface area contributed by atoms with E-state index in [1.54, 1.807) is 18.2 Å². The van der Waals surface area contributed by atoms with Crippen LogP contribution < -0.4 is 10.9 Å². The molecule has 0 aliphatic rings. The third-order valence-electron chi connectivity index (χ3n) is 4.37. The molecule has 0 unspecified atom stereocenters. The number of halogens is 2. The van der Waals surface area contributed by atoms with Crippen LogP contribution in [-0.4, -0.2) is 31.5 Å². The number of nitrogens with one attached hydrogen (secondary N) is 1. The topological polar surface area (TPSA) is 114 Å². The van der Waals surface area contributed by atoms with E-state index in [2.05, 4.69) is 15.3 Å². The van der Waals surface area contributed by atoms with Crippen molar-refractivity contribution in [2.24, 2.45) is 0 Å². The number of rotatable bonds is 5. The molecule has 0 spiro atoms. The van der Waals surface area contributed by atoms with Gasteiger partial charge in [0.2, 0.25) is 5.91 Å². The maximum absolute atomic E-state index is 13.2. The van der Waals surface area contributed by atoms with Gasteiger partial charge in [0.05, 0.1) is 21.7 Å². The van der Waals surface area contributed by atoms with Crippen LogP contribution in [0.4, 0.5) is 5.69 Å². The first-order valence-electron chi connectivity index (χ1n) is 8.76. The third-order valence-corrected chi connectivity index (χ3v) is 5.79. The molecule has 0 saturated heterocycles. The molecule has 4 rings (SSSR count). The Bertz CT molecular complexity index is 1390. The average molecular weight is 475 g/mol. The minimum atomic E-state index is -1.24. The molecule has 3 aromatic heterocycles. The molecule has 0 radical (unpaired) electrons. The lowest BCUT2D eigenvalue weighted by molar-refractivity contribution is -0.116. The van der Waals surface area contributed by atoms with Crippen molar-refractivity contribution in [3.63, 3.8) is 0 Å². The van der Waals surface area contributed by atoms with Gasteiger partial charge in [-0.25, -0.2) is 9.78 Å². The predicted octanol–water partition coefficient (Wildman–Crippen LogP) is 4.16. The van der Waals surface area contributed by atoms with Gasteiger partial charge < -0.3 is 10.4 Å². The Morgan fingerprint density at radius 1 is 1.16 bits per heavy atom. The smallest absolute Gasteiger partial charge is 0.337 e. The molecule has 31 heavy (non-hydrogen) atoms. The lowest BCUT2D eigenvalue weighted by Gasteiger charge is -2.13. The zero-order chi connectivity index (χ0) is 22.1. The summed E-state index contributed by atoms with van der Waals surface area (Å²) in [7, 11) is 0. The van der Waals surface area contributed by atoms with E-state index >= 15 is 0 Å². The molecule has 1 aromatic carbocycles. The van der Waals surface area contributed by atoms with E-state index in [9.17, 15) is 19.5 Å². The molecule has 0 aliphatic heterocycles.